The molecule has 1 unspecified atom stereocenters. The predicted molar refractivity (Wildman–Crippen MR) is 70.1 cm³/mol. The van der Waals surface area contributed by atoms with Crippen LogP contribution in [0.3, 0.4) is 0 Å². The molecule has 1 aromatic carbocycles. The third-order valence-electron chi connectivity index (χ3n) is 2.98. The number of carbonyl (C=O) groups excluding carboxylic acids is 1. The lowest BCUT2D eigenvalue weighted by atomic mass is 9.84. The first-order valence-corrected chi connectivity index (χ1v) is 6.06. The zero-order valence-corrected chi connectivity index (χ0v) is 11.7. The van der Waals surface area contributed by atoms with E-state index < -0.39 is 6.10 Å². The number of Topliss-reactive ketones (excluding diaryl/α,β-unsaturated/α-hetero) is 1. The minimum atomic E-state index is -0.443. The number of methoxy groups -OCH3 is 1. The first kappa shape index (κ1) is 14.8. The number of rotatable bonds is 4. The van der Waals surface area contributed by atoms with Crippen molar-refractivity contribution >= 4 is 5.78 Å². The van der Waals surface area contributed by atoms with Crippen LogP contribution in [0, 0.1) is 18.2 Å². The van der Waals surface area contributed by atoms with Crippen LogP contribution in [0.2, 0.25) is 0 Å². The summed E-state index contributed by atoms with van der Waals surface area (Å²) in [7, 11) is 1.55. The average Bonchev–Trinajstić information content (AvgIpc) is 2.21. The summed E-state index contributed by atoms with van der Waals surface area (Å²) in [4.78, 5) is 12.2. The lowest BCUT2D eigenvalue weighted by Crippen LogP contribution is -2.37. The highest BCUT2D eigenvalue weighted by Gasteiger charge is 2.31. The number of ether oxygens (including phenoxy) is 1. The SMILES string of the molecule is COC(C(=O)Cc1ccc(F)cc1C)C(C)(C)C. The van der Waals surface area contributed by atoms with Crippen molar-refractivity contribution in [2.45, 2.75) is 40.2 Å². The van der Waals surface area contributed by atoms with Crippen LogP contribution in [0.15, 0.2) is 18.2 Å². The Balaban J connectivity index is 2.87. The summed E-state index contributed by atoms with van der Waals surface area (Å²) in [5.41, 5.74) is 1.42. The summed E-state index contributed by atoms with van der Waals surface area (Å²) in [6, 6.07) is 4.49. The van der Waals surface area contributed by atoms with Crippen molar-refractivity contribution in [1.29, 1.82) is 0 Å². The van der Waals surface area contributed by atoms with E-state index >= 15 is 0 Å². The first-order valence-electron chi connectivity index (χ1n) is 6.06. The second kappa shape index (κ2) is 5.61. The topological polar surface area (TPSA) is 26.3 Å². The molecule has 0 aliphatic heterocycles. The first-order chi connectivity index (χ1) is 8.25. The minimum Gasteiger partial charge on any atom is -0.373 e. The Labute approximate surface area is 108 Å². The molecule has 1 rings (SSSR count). The van der Waals surface area contributed by atoms with Crippen LogP contribution in [-0.2, 0) is 16.0 Å². The number of aryl methyl sites for hydroxylation is 1. The number of carbonyl (C=O) groups is 1. The van der Waals surface area contributed by atoms with Gasteiger partial charge in [0.1, 0.15) is 11.9 Å². The van der Waals surface area contributed by atoms with E-state index in [0.29, 0.717) is 0 Å². The van der Waals surface area contributed by atoms with E-state index in [1.54, 1.807) is 13.2 Å². The van der Waals surface area contributed by atoms with E-state index in [4.69, 9.17) is 4.74 Å². The fourth-order valence-corrected chi connectivity index (χ4v) is 2.11. The maximum absolute atomic E-state index is 13.0. The Morgan fingerprint density at radius 3 is 2.44 bits per heavy atom. The Morgan fingerprint density at radius 2 is 2.00 bits per heavy atom. The summed E-state index contributed by atoms with van der Waals surface area (Å²) >= 11 is 0. The van der Waals surface area contributed by atoms with Gasteiger partial charge in [-0.15, -0.1) is 0 Å². The van der Waals surface area contributed by atoms with Gasteiger partial charge in [0.2, 0.25) is 0 Å². The van der Waals surface area contributed by atoms with Gasteiger partial charge >= 0.3 is 0 Å². The molecule has 0 radical (unpaired) electrons. The van der Waals surface area contributed by atoms with E-state index in [9.17, 15) is 9.18 Å². The number of halogens is 1. The molecule has 1 aromatic rings. The number of hydrogen-bond donors (Lipinski definition) is 0. The molecule has 0 saturated heterocycles. The van der Waals surface area contributed by atoms with Gasteiger partial charge in [-0.3, -0.25) is 4.79 Å². The van der Waals surface area contributed by atoms with Crippen molar-refractivity contribution in [3.05, 3.63) is 35.1 Å². The maximum atomic E-state index is 13.0. The molecule has 0 spiro atoms. The van der Waals surface area contributed by atoms with Crippen molar-refractivity contribution < 1.29 is 13.9 Å². The largest absolute Gasteiger partial charge is 0.373 e. The smallest absolute Gasteiger partial charge is 0.166 e. The van der Waals surface area contributed by atoms with Gasteiger partial charge in [-0.25, -0.2) is 4.39 Å². The highest BCUT2D eigenvalue weighted by molar-refractivity contribution is 5.86. The molecule has 1 atom stereocenters. The Morgan fingerprint density at radius 1 is 1.39 bits per heavy atom. The van der Waals surface area contributed by atoms with Crippen LogP contribution in [0.4, 0.5) is 4.39 Å². The molecule has 0 aromatic heterocycles. The summed E-state index contributed by atoms with van der Waals surface area (Å²) in [5.74, 6) is -0.248. The standard InChI is InChI=1S/C15H21FO2/c1-10-8-12(16)7-6-11(10)9-13(17)14(18-5)15(2,3)4/h6-8,14H,9H2,1-5H3. The summed E-state index contributed by atoms with van der Waals surface area (Å²) < 4.78 is 18.3. The third kappa shape index (κ3) is 3.64. The molecule has 100 valence electrons. The Bertz CT molecular complexity index is 433. The summed E-state index contributed by atoms with van der Waals surface area (Å²) in [5, 5.41) is 0. The Kier molecular flexibility index (Phi) is 4.63. The second-order valence-electron chi connectivity index (χ2n) is 5.70. The second-order valence-corrected chi connectivity index (χ2v) is 5.70. The lowest BCUT2D eigenvalue weighted by Gasteiger charge is -2.28. The normalized spacial score (nSPS) is 13.4. The van der Waals surface area contributed by atoms with Crippen molar-refractivity contribution in [2.24, 2.45) is 5.41 Å². The summed E-state index contributed by atoms with van der Waals surface area (Å²) in [6.45, 7) is 7.72. The van der Waals surface area contributed by atoms with Crippen molar-refractivity contribution in [2.75, 3.05) is 7.11 Å². The van der Waals surface area contributed by atoms with Gasteiger partial charge in [0.25, 0.3) is 0 Å². The van der Waals surface area contributed by atoms with Gasteiger partial charge in [-0.05, 0) is 35.6 Å². The monoisotopic (exact) mass is 252 g/mol. The zero-order chi connectivity index (χ0) is 13.9. The van der Waals surface area contributed by atoms with Crippen LogP contribution in [-0.4, -0.2) is 19.0 Å². The molecule has 0 saturated carbocycles. The molecule has 0 N–H and O–H groups in total. The fourth-order valence-electron chi connectivity index (χ4n) is 2.11. The van der Waals surface area contributed by atoms with E-state index in [1.165, 1.54) is 12.1 Å². The van der Waals surface area contributed by atoms with Crippen molar-refractivity contribution in [3.63, 3.8) is 0 Å². The quantitative estimate of drug-likeness (QED) is 0.821. The molecule has 0 fully saturated rings. The minimum absolute atomic E-state index is 0.0275. The molecule has 2 nitrogen and oxygen atoms in total. The zero-order valence-electron chi connectivity index (χ0n) is 11.7. The summed E-state index contributed by atoms with van der Waals surface area (Å²) in [6.07, 6.45) is -0.163. The predicted octanol–water partition coefficient (Wildman–Crippen LogP) is 3.31. The highest BCUT2D eigenvalue weighted by Crippen LogP contribution is 2.24. The van der Waals surface area contributed by atoms with E-state index in [1.807, 2.05) is 27.7 Å². The molecule has 0 aliphatic rings. The highest BCUT2D eigenvalue weighted by atomic mass is 19.1. The molecule has 18 heavy (non-hydrogen) atoms. The van der Waals surface area contributed by atoms with Crippen LogP contribution in [0.25, 0.3) is 0 Å². The van der Waals surface area contributed by atoms with Gasteiger partial charge in [-0.1, -0.05) is 26.8 Å². The van der Waals surface area contributed by atoms with Crippen LogP contribution >= 0.6 is 0 Å². The number of ketones is 1. The number of hydrogen-bond acceptors (Lipinski definition) is 2. The van der Waals surface area contributed by atoms with Crippen LogP contribution in [0.1, 0.15) is 31.9 Å². The molecular weight excluding hydrogens is 231 g/mol. The van der Waals surface area contributed by atoms with Crippen LogP contribution < -0.4 is 0 Å². The molecule has 0 aliphatic carbocycles. The van der Waals surface area contributed by atoms with E-state index in [2.05, 4.69) is 0 Å². The Hall–Kier alpha value is -1.22. The average molecular weight is 252 g/mol. The van der Waals surface area contributed by atoms with Crippen molar-refractivity contribution in [3.8, 4) is 0 Å². The molecule has 0 amide bonds. The number of benzene rings is 1. The van der Waals surface area contributed by atoms with Gasteiger partial charge in [-0.2, -0.15) is 0 Å². The van der Waals surface area contributed by atoms with E-state index in [-0.39, 0.29) is 23.4 Å². The third-order valence-corrected chi connectivity index (χ3v) is 2.98. The van der Waals surface area contributed by atoms with Gasteiger partial charge in [0, 0.05) is 13.5 Å². The van der Waals surface area contributed by atoms with Gasteiger partial charge < -0.3 is 4.74 Å². The molecule has 0 bridgehead atoms. The molecule has 0 heterocycles. The van der Waals surface area contributed by atoms with Gasteiger partial charge in [0.15, 0.2) is 5.78 Å². The van der Waals surface area contributed by atoms with Crippen molar-refractivity contribution in [1.82, 2.24) is 0 Å². The maximum Gasteiger partial charge on any atom is 0.166 e. The molecule has 3 heteroatoms. The van der Waals surface area contributed by atoms with Gasteiger partial charge in [0.05, 0.1) is 0 Å². The molecular formula is C15H21FO2. The van der Waals surface area contributed by atoms with E-state index in [0.717, 1.165) is 11.1 Å². The lowest BCUT2D eigenvalue weighted by molar-refractivity contribution is -0.134. The fraction of sp³-hybridized carbons (Fsp3) is 0.533. The van der Waals surface area contributed by atoms with Crippen LogP contribution in [0.5, 0.6) is 0 Å².